The Labute approximate surface area is 92.0 Å². The molecule has 0 unspecified atom stereocenters. The maximum atomic E-state index is 8.93. The second kappa shape index (κ2) is 25.3. The molecule has 0 aliphatic rings. The Morgan fingerprint density at radius 3 is 1.57 bits per heavy atom. The summed E-state index contributed by atoms with van der Waals surface area (Å²) in [6.45, 7) is 3.06. The molecule has 0 saturated heterocycles. The van der Waals surface area contributed by atoms with Gasteiger partial charge in [-0.15, -0.1) is 0 Å². The molecule has 0 aromatic heterocycles. The van der Waals surface area contributed by atoms with Gasteiger partial charge in [-0.2, -0.15) is 0 Å². The molecule has 0 aliphatic carbocycles. The summed E-state index contributed by atoms with van der Waals surface area (Å²) in [7, 11) is 0. The van der Waals surface area contributed by atoms with Crippen molar-refractivity contribution in [1.82, 2.24) is 0 Å². The maximum absolute atomic E-state index is 8.93. The Morgan fingerprint density at radius 2 is 1.57 bits per heavy atom. The first kappa shape index (κ1) is 23.4. The fourth-order valence-corrected chi connectivity index (χ4v) is 0. The van der Waals surface area contributed by atoms with Crippen LogP contribution in [0.4, 0.5) is 0 Å². The number of hydrogen-bond acceptors (Lipinski definition) is 1. The van der Waals surface area contributed by atoms with E-state index in [0.29, 0.717) is 0 Å². The summed E-state index contributed by atoms with van der Waals surface area (Å²) in [6.07, 6.45) is 2.51. The molecule has 38 valence electrons. The zero-order valence-electron chi connectivity index (χ0n) is 3.55. The molecule has 0 aromatic rings. The molecule has 0 saturated carbocycles. The van der Waals surface area contributed by atoms with Gasteiger partial charge in [0.2, 0.25) is 0 Å². The van der Waals surface area contributed by atoms with Gasteiger partial charge in [0, 0.05) is 69.5 Å². The molecule has 4 heteroatoms. The van der Waals surface area contributed by atoms with Gasteiger partial charge in [-0.05, 0) is 6.29 Å². The SMILES string of the molecule is C=C[C-]=O.[Fe].[Zr].[Zr]. The Hall–Kier alpha value is 1.70. The van der Waals surface area contributed by atoms with Crippen molar-refractivity contribution in [2.24, 2.45) is 0 Å². The van der Waals surface area contributed by atoms with Crippen molar-refractivity contribution in [3.05, 3.63) is 12.7 Å². The molecule has 0 aromatic carbocycles. The van der Waals surface area contributed by atoms with Gasteiger partial charge in [0.1, 0.15) is 0 Å². The summed E-state index contributed by atoms with van der Waals surface area (Å²) in [5, 5.41) is 0. The summed E-state index contributed by atoms with van der Waals surface area (Å²) in [5.74, 6) is 0. The molecule has 0 N–H and O–H groups in total. The summed E-state index contributed by atoms with van der Waals surface area (Å²) >= 11 is 0. The van der Waals surface area contributed by atoms with Crippen LogP contribution in [0, 0.1) is 0 Å². The van der Waals surface area contributed by atoms with Crippen molar-refractivity contribution < 1.29 is 74.3 Å². The van der Waals surface area contributed by atoms with Crippen molar-refractivity contribution in [3.8, 4) is 0 Å². The normalized spacial score (nSPS) is 2.86. The minimum atomic E-state index is 0. The first-order valence-electron chi connectivity index (χ1n) is 0.901. The molecule has 0 fully saturated rings. The van der Waals surface area contributed by atoms with E-state index in [9.17, 15) is 0 Å². The number of carbonyl (C=O) groups excluding carboxylic acids is 1. The third kappa shape index (κ3) is 34.4. The zero-order valence-corrected chi connectivity index (χ0v) is 9.57. The Morgan fingerprint density at radius 1 is 1.43 bits per heavy atom. The van der Waals surface area contributed by atoms with Crippen LogP contribution in [0.5, 0.6) is 0 Å². The second-order valence-electron chi connectivity index (χ2n) is 0.322. The summed E-state index contributed by atoms with van der Waals surface area (Å²) in [6, 6.07) is 0. The monoisotopic (exact) mass is 291 g/mol. The Bertz CT molecular complexity index is 33.9. The largest absolute Gasteiger partial charge is 0.419 e. The van der Waals surface area contributed by atoms with Crippen LogP contribution in [-0.4, -0.2) is 6.29 Å². The smallest absolute Gasteiger partial charge is 0 e. The van der Waals surface area contributed by atoms with Crippen LogP contribution in [-0.2, 0) is 74.3 Å². The van der Waals surface area contributed by atoms with Gasteiger partial charge in [-0.3, -0.25) is 0 Å². The third-order valence-electron chi connectivity index (χ3n) is 0.0833. The molecule has 0 bridgehead atoms. The second-order valence-corrected chi connectivity index (χ2v) is 0.322. The number of rotatable bonds is 1. The number of hydrogen-bond donors (Lipinski definition) is 0. The minimum absolute atomic E-state index is 0. The fourth-order valence-electron chi connectivity index (χ4n) is 0. The molecular formula is C3H3FeOZr2-. The van der Waals surface area contributed by atoms with E-state index in [0.717, 1.165) is 6.08 Å². The molecule has 0 radical (unpaired) electrons. The molecule has 1 nitrogen and oxygen atoms in total. The quantitative estimate of drug-likeness (QED) is 0.385. The predicted octanol–water partition coefficient (Wildman–Crippen LogP) is 0.275. The van der Waals surface area contributed by atoms with E-state index >= 15 is 0 Å². The summed E-state index contributed by atoms with van der Waals surface area (Å²) in [4.78, 5) is 8.93. The van der Waals surface area contributed by atoms with Gasteiger partial charge in [0.05, 0.1) is 0 Å². The van der Waals surface area contributed by atoms with E-state index in [-0.39, 0.29) is 69.5 Å². The van der Waals surface area contributed by atoms with Crippen LogP contribution in [0.3, 0.4) is 0 Å². The van der Waals surface area contributed by atoms with Crippen LogP contribution in [0.15, 0.2) is 12.7 Å². The van der Waals surface area contributed by atoms with Gasteiger partial charge in [0.25, 0.3) is 0 Å². The average Bonchev–Trinajstić information content (AvgIpc) is 1.37. The topological polar surface area (TPSA) is 17.1 Å². The molecule has 0 atom stereocenters. The van der Waals surface area contributed by atoms with E-state index in [2.05, 4.69) is 6.58 Å². The van der Waals surface area contributed by atoms with Gasteiger partial charge in [-0.1, -0.05) is 0 Å². The van der Waals surface area contributed by atoms with E-state index < -0.39 is 0 Å². The first-order chi connectivity index (χ1) is 1.91. The standard InChI is InChI=1S/C3H3O.Fe.2Zr/c1-2-3-4;;;/h2H,1H2;;;/q-1;;;. The maximum Gasteiger partial charge on any atom is 0 e. The molecule has 0 rings (SSSR count). The van der Waals surface area contributed by atoms with Crippen LogP contribution in [0.2, 0.25) is 0 Å². The fraction of sp³-hybridized carbons (Fsp3) is 0. The minimum Gasteiger partial charge on any atom is -0.419 e. The van der Waals surface area contributed by atoms with Crippen molar-refractivity contribution in [2.75, 3.05) is 0 Å². The van der Waals surface area contributed by atoms with Crippen LogP contribution >= 0.6 is 0 Å². The van der Waals surface area contributed by atoms with Gasteiger partial charge >= 0.3 is 0 Å². The molecule has 0 heterocycles. The Balaban J connectivity index is -0.0000000150. The van der Waals surface area contributed by atoms with E-state index in [4.69, 9.17) is 4.79 Å². The van der Waals surface area contributed by atoms with E-state index in [1.54, 1.807) is 0 Å². The average molecular weight is 293 g/mol. The van der Waals surface area contributed by atoms with Crippen LogP contribution in [0.1, 0.15) is 0 Å². The number of allylic oxidation sites excluding steroid dienone is 1. The van der Waals surface area contributed by atoms with Crippen molar-refractivity contribution in [2.45, 2.75) is 0 Å². The van der Waals surface area contributed by atoms with Crippen molar-refractivity contribution >= 4 is 6.29 Å². The molecule has 0 aliphatic heterocycles. The summed E-state index contributed by atoms with van der Waals surface area (Å²) in [5.41, 5.74) is 0. The molecule has 0 spiro atoms. The van der Waals surface area contributed by atoms with Crippen molar-refractivity contribution in [1.29, 1.82) is 0 Å². The van der Waals surface area contributed by atoms with Gasteiger partial charge < -0.3 is 4.79 Å². The van der Waals surface area contributed by atoms with E-state index in [1.165, 1.54) is 6.29 Å². The molecule has 0 amide bonds. The molecular weight excluding hydrogens is 290 g/mol. The van der Waals surface area contributed by atoms with Crippen molar-refractivity contribution in [3.63, 3.8) is 0 Å². The van der Waals surface area contributed by atoms with Crippen LogP contribution in [0.25, 0.3) is 0 Å². The summed E-state index contributed by atoms with van der Waals surface area (Å²) < 4.78 is 0. The Kier molecular flexibility index (Phi) is 84.3. The predicted molar refractivity (Wildman–Crippen MR) is 15.9 cm³/mol. The van der Waals surface area contributed by atoms with Gasteiger partial charge in [-0.25, -0.2) is 12.7 Å². The molecule has 7 heavy (non-hydrogen) atoms. The zero-order chi connectivity index (χ0) is 3.41. The van der Waals surface area contributed by atoms with E-state index in [1.807, 2.05) is 0 Å². The van der Waals surface area contributed by atoms with Crippen LogP contribution < -0.4 is 0 Å². The first-order valence-corrected chi connectivity index (χ1v) is 0.901. The van der Waals surface area contributed by atoms with Gasteiger partial charge in [0.15, 0.2) is 0 Å². The third-order valence-corrected chi connectivity index (χ3v) is 0.0833.